The number of ether oxygens (including phenoxy) is 5. The highest BCUT2D eigenvalue weighted by Crippen LogP contribution is 2.48. The number of fused-ring (bicyclic) bond motifs is 1. The standard InChI is InChI=1S/C23H28O11/c1-30-14-6-5-11(18(26)22(14)31-2)13-9-32-15-7-10(3-4-12(15)17(13)25)33-23-21(29)20(28)19(27)16(8-24)34-23/h3-7,13,16-17,19-21,23-29H,8-9H2,1-2H3/t13?,16?,17?,19?,20-,21+,23?/m0/s1. The maximum atomic E-state index is 11.0. The number of methoxy groups -OCH3 is 2. The Morgan fingerprint density at radius 1 is 0.941 bits per heavy atom. The van der Waals surface area contributed by atoms with Gasteiger partial charge in [-0.05, 0) is 18.2 Å². The Labute approximate surface area is 195 Å². The fourth-order valence-electron chi connectivity index (χ4n) is 4.23. The Kier molecular flexibility index (Phi) is 7.03. The first-order chi connectivity index (χ1) is 16.3. The third kappa shape index (κ3) is 4.22. The highest BCUT2D eigenvalue weighted by atomic mass is 16.7. The van der Waals surface area contributed by atoms with Crippen LogP contribution in [0.4, 0.5) is 0 Å². The number of phenolic OH excluding ortho intramolecular Hbond substituents is 1. The van der Waals surface area contributed by atoms with Gasteiger partial charge in [0.25, 0.3) is 0 Å². The molecule has 0 radical (unpaired) electrons. The Morgan fingerprint density at radius 3 is 2.35 bits per heavy atom. The maximum Gasteiger partial charge on any atom is 0.229 e. The number of aliphatic hydroxyl groups excluding tert-OH is 5. The number of phenols is 1. The van der Waals surface area contributed by atoms with Crippen LogP contribution in [0.5, 0.6) is 28.7 Å². The SMILES string of the molecule is COc1ccc(C2COc3cc(OC4OC(CO)C(O)[C@H](O)[C@H]4O)ccc3C2O)c(O)c1OC. The van der Waals surface area contributed by atoms with Gasteiger partial charge in [-0.15, -0.1) is 0 Å². The first-order valence-electron chi connectivity index (χ1n) is 10.7. The molecule has 186 valence electrons. The van der Waals surface area contributed by atoms with Crippen LogP contribution in [0.1, 0.15) is 23.1 Å². The van der Waals surface area contributed by atoms with Crippen molar-refractivity contribution in [1.82, 2.24) is 0 Å². The van der Waals surface area contributed by atoms with E-state index in [-0.39, 0.29) is 23.9 Å². The van der Waals surface area contributed by atoms with Crippen LogP contribution in [0.15, 0.2) is 30.3 Å². The molecule has 2 aliphatic heterocycles. The minimum Gasteiger partial charge on any atom is -0.504 e. The van der Waals surface area contributed by atoms with Gasteiger partial charge in [0.05, 0.1) is 39.5 Å². The number of hydrogen-bond donors (Lipinski definition) is 6. The van der Waals surface area contributed by atoms with Gasteiger partial charge in [0.2, 0.25) is 12.0 Å². The number of aromatic hydroxyl groups is 1. The average Bonchev–Trinajstić information content (AvgIpc) is 2.84. The van der Waals surface area contributed by atoms with E-state index < -0.39 is 49.3 Å². The molecule has 7 atom stereocenters. The molecule has 4 rings (SSSR count). The fourth-order valence-corrected chi connectivity index (χ4v) is 4.23. The van der Waals surface area contributed by atoms with Gasteiger partial charge in [-0.3, -0.25) is 0 Å². The Morgan fingerprint density at radius 2 is 1.68 bits per heavy atom. The maximum absolute atomic E-state index is 11.0. The van der Waals surface area contributed by atoms with Crippen molar-refractivity contribution in [3.8, 4) is 28.7 Å². The largest absolute Gasteiger partial charge is 0.504 e. The normalized spacial score (nSPS) is 30.7. The zero-order chi connectivity index (χ0) is 24.6. The summed E-state index contributed by atoms with van der Waals surface area (Å²) in [5.41, 5.74) is 0.879. The molecule has 0 amide bonds. The summed E-state index contributed by atoms with van der Waals surface area (Å²) in [6, 6.07) is 7.85. The number of aliphatic hydroxyl groups is 5. The van der Waals surface area contributed by atoms with Crippen molar-refractivity contribution < 1.29 is 54.3 Å². The molecule has 2 aromatic carbocycles. The summed E-state index contributed by atoms with van der Waals surface area (Å²) in [4.78, 5) is 0. The average molecular weight is 480 g/mol. The molecule has 1 fully saturated rings. The third-order valence-electron chi connectivity index (χ3n) is 6.15. The summed E-state index contributed by atoms with van der Waals surface area (Å²) < 4.78 is 27.2. The van der Waals surface area contributed by atoms with Gasteiger partial charge < -0.3 is 54.3 Å². The lowest BCUT2D eigenvalue weighted by molar-refractivity contribution is -0.277. The summed E-state index contributed by atoms with van der Waals surface area (Å²) in [5, 5.41) is 61.0. The van der Waals surface area contributed by atoms with Crippen LogP contribution in [0, 0.1) is 0 Å². The molecule has 11 heteroatoms. The van der Waals surface area contributed by atoms with Gasteiger partial charge in [0, 0.05) is 17.2 Å². The molecule has 0 spiro atoms. The molecular formula is C23H28O11. The quantitative estimate of drug-likeness (QED) is 0.324. The predicted octanol–water partition coefficient (Wildman–Crippen LogP) is -0.202. The molecule has 0 bridgehead atoms. The van der Waals surface area contributed by atoms with Gasteiger partial charge in [-0.25, -0.2) is 0 Å². The van der Waals surface area contributed by atoms with E-state index >= 15 is 0 Å². The zero-order valence-corrected chi connectivity index (χ0v) is 18.6. The molecule has 2 heterocycles. The van der Waals surface area contributed by atoms with Crippen molar-refractivity contribution in [1.29, 1.82) is 0 Å². The fraction of sp³-hybridized carbons (Fsp3) is 0.478. The molecule has 0 aliphatic carbocycles. The molecule has 5 unspecified atom stereocenters. The molecule has 2 aliphatic rings. The van der Waals surface area contributed by atoms with Gasteiger partial charge in [0.1, 0.15) is 35.9 Å². The second-order valence-electron chi connectivity index (χ2n) is 8.12. The van der Waals surface area contributed by atoms with Crippen LogP contribution in [-0.2, 0) is 4.74 Å². The second kappa shape index (κ2) is 9.82. The van der Waals surface area contributed by atoms with Crippen LogP contribution in [0.3, 0.4) is 0 Å². The zero-order valence-electron chi connectivity index (χ0n) is 18.6. The summed E-state index contributed by atoms with van der Waals surface area (Å²) in [7, 11) is 2.86. The molecule has 0 aromatic heterocycles. The molecule has 34 heavy (non-hydrogen) atoms. The van der Waals surface area contributed by atoms with Gasteiger partial charge in [-0.2, -0.15) is 0 Å². The molecular weight excluding hydrogens is 452 g/mol. The molecule has 0 saturated carbocycles. The Bertz CT molecular complexity index is 1010. The van der Waals surface area contributed by atoms with Crippen LogP contribution in [0.2, 0.25) is 0 Å². The minimum atomic E-state index is -1.57. The second-order valence-corrected chi connectivity index (χ2v) is 8.12. The minimum absolute atomic E-state index is 0.0424. The van der Waals surface area contributed by atoms with E-state index in [1.807, 2.05) is 0 Å². The van der Waals surface area contributed by atoms with Crippen LogP contribution in [-0.4, -0.2) is 88.8 Å². The number of rotatable bonds is 6. The smallest absolute Gasteiger partial charge is 0.229 e. The van der Waals surface area contributed by atoms with Crippen molar-refractivity contribution >= 4 is 0 Å². The lowest BCUT2D eigenvalue weighted by Gasteiger charge is -2.39. The van der Waals surface area contributed by atoms with E-state index in [0.29, 0.717) is 22.6 Å². The van der Waals surface area contributed by atoms with E-state index in [0.717, 1.165) is 0 Å². The highest BCUT2D eigenvalue weighted by molar-refractivity contribution is 5.57. The summed E-state index contributed by atoms with van der Waals surface area (Å²) >= 11 is 0. The predicted molar refractivity (Wildman–Crippen MR) is 115 cm³/mol. The van der Waals surface area contributed by atoms with Crippen LogP contribution >= 0.6 is 0 Å². The lowest BCUT2D eigenvalue weighted by atomic mass is 9.86. The number of benzene rings is 2. The molecule has 6 N–H and O–H groups in total. The molecule has 2 aromatic rings. The van der Waals surface area contributed by atoms with Crippen LogP contribution in [0.25, 0.3) is 0 Å². The van der Waals surface area contributed by atoms with Gasteiger partial charge in [-0.1, -0.05) is 6.07 Å². The summed E-state index contributed by atoms with van der Waals surface area (Å²) in [5.74, 6) is 0.296. The van der Waals surface area contributed by atoms with E-state index in [4.69, 9.17) is 23.7 Å². The lowest BCUT2D eigenvalue weighted by Crippen LogP contribution is -2.60. The topological polar surface area (TPSA) is 168 Å². The number of hydrogen-bond acceptors (Lipinski definition) is 11. The van der Waals surface area contributed by atoms with Crippen molar-refractivity contribution in [3.63, 3.8) is 0 Å². The Hall–Kier alpha value is -2.80. The van der Waals surface area contributed by atoms with E-state index in [1.54, 1.807) is 18.2 Å². The van der Waals surface area contributed by atoms with Crippen molar-refractivity contribution in [2.75, 3.05) is 27.4 Å². The first kappa shape index (κ1) is 24.3. The monoisotopic (exact) mass is 480 g/mol. The molecule has 1 saturated heterocycles. The Balaban J connectivity index is 1.54. The van der Waals surface area contributed by atoms with Crippen molar-refractivity contribution in [3.05, 3.63) is 41.5 Å². The summed E-state index contributed by atoms with van der Waals surface area (Å²) in [6.45, 7) is -0.532. The van der Waals surface area contributed by atoms with Crippen molar-refractivity contribution in [2.45, 2.75) is 42.7 Å². The van der Waals surface area contributed by atoms with E-state index in [9.17, 15) is 30.6 Å². The molecule has 11 nitrogen and oxygen atoms in total. The third-order valence-corrected chi connectivity index (χ3v) is 6.15. The van der Waals surface area contributed by atoms with Crippen LogP contribution < -0.4 is 18.9 Å². The first-order valence-corrected chi connectivity index (χ1v) is 10.7. The highest BCUT2D eigenvalue weighted by Gasteiger charge is 2.45. The van der Waals surface area contributed by atoms with E-state index in [1.165, 1.54) is 26.4 Å². The van der Waals surface area contributed by atoms with E-state index in [2.05, 4.69) is 0 Å². The van der Waals surface area contributed by atoms with Gasteiger partial charge >= 0.3 is 0 Å². The van der Waals surface area contributed by atoms with Gasteiger partial charge in [0.15, 0.2) is 11.5 Å². The summed E-state index contributed by atoms with van der Waals surface area (Å²) in [6.07, 6.45) is -8.09. The van der Waals surface area contributed by atoms with Crippen molar-refractivity contribution in [2.24, 2.45) is 0 Å².